The van der Waals surface area contributed by atoms with Gasteiger partial charge in [0, 0.05) is 13.0 Å². The number of amides is 1. The number of nitrogens with zero attached hydrogens (tertiary/aromatic N) is 1. The normalized spacial score (nSPS) is 23.9. The molecule has 1 unspecified atom stereocenters. The minimum absolute atomic E-state index is 0.126. The number of halogens is 1. The van der Waals surface area contributed by atoms with Crippen molar-refractivity contribution in [2.75, 3.05) is 6.54 Å². The molecule has 0 bridgehead atoms. The van der Waals surface area contributed by atoms with E-state index in [1.54, 1.807) is 6.07 Å². The zero-order valence-corrected chi connectivity index (χ0v) is 9.08. The summed E-state index contributed by atoms with van der Waals surface area (Å²) in [6.45, 7) is 0.833. The maximum Gasteiger partial charge on any atom is 0.223 e. The summed E-state index contributed by atoms with van der Waals surface area (Å²) in [5, 5.41) is 0. The van der Waals surface area contributed by atoms with Gasteiger partial charge in [-0.15, -0.1) is 0 Å². The van der Waals surface area contributed by atoms with Crippen molar-refractivity contribution in [2.45, 2.75) is 31.7 Å². The van der Waals surface area contributed by atoms with E-state index in [9.17, 15) is 9.18 Å². The van der Waals surface area contributed by atoms with E-state index in [-0.39, 0.29) is 17.8 Å². The van der Waals surface area contributed by atoms with Gasteiger partial charge >= 0.3 is 0 Å². The fourth-order valence-electron chi connectivity index (χ4n) is 2.88. The topological polar surface area (TPSA) is 20.3 Å². The van der Waals surface area contributed by atoms with E-state index in [1.807, 2.05) is 11.0 Å². The summed E-state index contributed by atoms with van der Waals surface area (Å²) >= 11 is 0. The molecule has 0 aliphatic carbocycles. The summed E-state index contributed by atoms with van der Waals surface area (Å²) in [7, 11) is 0. The third kappa shape index (κ3) is 1.42. The van der Waals surface area contributed by atoms with Crippen LogP contribution in [0.3, 0.4) is 0 Å². The van der Waals surface area contributed by atoms with E-state index < -0.39 is 0 Å². The highest BCUT2D eigenvalue weighted by Crippen LogP contribution is 2.37. The fraction of sp³-hybridized carbons (Fsp3) is 0.462. The molecule has 0 N–H and O–H groups in total. The molecule has 0 saturated carbocycles. The highest BCUT2D eigenvalue weighted by Gasteiger charge is 2.33. The second-order valence-electron chi connectivity index (χ2n) is 4.59. The first-order valence-corrected chi connectivity index (χ1v) is 5.83. The van der Waals surface area contributed by atoms with Gasteiger partial charge in [-0.2, -0.15) is 0 Å². The Balaban J connectivity index is 2.10. The van der Waals surface area contributed by atoms with Crippen LogP contribution in [0.25, 0.3) is 0 Å². The standard InChI is InChI=1S/C13H14FNO/c14-10-5-3-9-4-6-13(16)15-7-1-2-12(15)11(9)8-10/h3,5,8,12H,1-2,4,6-7H2. The Morgan fingerprint density at radius 3 is 3.06 bits per heavy atom. The summed E-state index contributed by atoms with van der Waals surface area (Å²) in [4.78, 5) is 13.8. The number of carbonyl (C=O) groups is 1. The van der Waals surface area contributed by atoms with Gasteiger partial charge in [-0.05, 0) is 42.5 Å². The van der Waals surface area contributed by atoms with Gasteiger partial charge in [0.1, 0.15) is 5.82 Å². The second-order valence-corrected chi connectivity index (χ2v) is 4.59. The molecule has 3 rings (SSSR count). The van der Waals surface area contributed by atoms with Gasteiger partial charge in [0.15, 0.2) is 0 Å². The molecule has 0 radical (unpaired) electrons. The third-order valence-electron chi connectivity index (χ3n) is 3.65. The smallest absolute Gasteiger partial charge is 0.223 e. The van der Waals surface area contributed by atoms with Crippen LogP contribution >= 0.6 is 0 Å². The van der Waals surface area contributed by atoms with Crippen LogP contribution in [0.5, 0.6) is 0 Å². The van der Waals surface area contributed by atoms with Crippen molar-refractivity contribution in [3.63, 3.8) is 0 Å². The molecule has 1 fully saturated rings. The number of benzene rings is 1. The van der Waals surface area contributed by atoms with Gasteiger partial charge in [-0.1, -0.05) is 6.07 Å². The Bertz CT molecular complexity index is 444. The van der Waals surface area contributed by atoms with Crippen LogP contribution in [-0.2, 0) is 11.2 Å². The first kappa shape index (κ1) is 9.82. The Morgan fingerprint density at radius 1 is 1.31 bits per heavy atom. The summed E-state index contributed by atoms with van der Waals surface area (Å²) in [6, 6.07) is 5.06. The molecule has 2 aliphatic heterocycles. The summed E-state index contributed by atoms with van der Waals surface area (Å²) < 4.78 is 13.3. The first-order valence-electron chi connectivity index (χ1n) is 5.83. The molecule has 2 heterocycles. The molecule has 0 spiro atoms. The zero-order chi connectivity index (χ0) is 11.1. The predicted octanol–water partition coefficient (Wildman–Crippen LogP) is 2.44. The average Bonchev–Trinajstić information content (AvgIpc) is 2.71. The van der Waals surface area contributed by atoms with Gasteiger partial charge in [0.05, 0.1) is 6.04 Å². The number of fused-ring (bicyclic) bond motifs is 3. The molecule has 2 aliphatic rings. The van der Waals surface area contributed by atoms with Crippen LogP contribution < -0.4 is 0 Å². The van der Waals surface area contributed by atoms with Crippen molar-refractivity contribution >= 4 is 5.91 Å². The third-order valence-corrected chi connectivity index (χ3v) is 3.65. The van der Waals surface area contributed by atoms with Gasteiger partial charge < -0.3 is 4.90 Å². The number of aryl methyl sites for hydroxylation is 1. The average molecular weight is 219 g/mol. The SMILES string of the molecule is O=C1CCc2ccc(F)cc2C2CCCN12. The Kier molecular flexibility index (Phi) is 2.20. The maximum atomic E-state index is 13.3. The van der Waals surface area contributed by atoms with Crippen LogP contribution in [0.1, 0.15) is 36.4 Å². The van der Waals surface area contributed by atoms with E-state index in [4.69, 9.17) is 0 Å². The van der Waals surface area contributed by atoms with Crippen molar-refractivity contribution in [1.82, 2.24) is 4.90 Å². The number of hydrogen-bond donors (Lipinski definition) is 0. The molecular formula is C13H14FNO. The van der Waals surface area contributed by atoms with Crippen molar-refractivity contribution in [1.29, 1.82) is 0 Å². The van der Waals surface area contributed by atoms with Gasteiger partial charge in [0.2, 0.25) is 5.91 Å². The molecule has 1 aromatic rings. The molecule has 1 saturated heterocycles. The molecular weight excluding hydrogens is 205 g/mol. The summed E-state index contributed by atoms with van der Waals surface area (Å²) in [5.74, 6) is 0.0269. The van der Waals surface area contributed by atoms with Crippen LogP contribution in [0.4, 0.5) is 4.39 Å². The van der Waals surface area contributed by atoms with Gasteiger partial charge in [-0.25, -0.2) is 4.39 Å². The first-order chi connectivity index (χ1) is 7.75. The quantitative estimate of drug-likeness (QED) is 0.656. The monoisotopic (exact) mass is 219 g/mol. The lowest BCUT2D eigenvalue weighted by molar-refractivity contribution is -0.131. The molecule has 0 aromatic heterocycles. The summed E-state index contributed by atoms with van der Waals surface area (Å²) in [5.41, 5.74) is 2.17. The molecule has 1 atom stereocenters. The lowest BCUT2D eigenvalue weighted by Gasteiger charge is -2.23. The molecule has 2 nitrogen and oxygen atoms in total. The van der Waals surface area contributed by atoms with E-state index in [0.29, 0.717) is 6.42 Å². The van der Waals surface area contributed by atoms with E-state index in [0.717, 1.165) is 36.9 Å². The number of carbonyl (C=O) groups excluding carboxylic acids is 1. The molecule has 1 amide bonds. The lowest BCUT2D eigenvalue weighted by Crippen LogP contribution is -2.28. The van der Waals surface area contributed by atoms with Crippen LogP contribution in [-0.4, -0.2) is 17.4 Å². The lowest BCUT2D eigenvalue weighted by atomic mass is 9.97. The van der Waals surface area contributed by atoms with E-state index >= 15 is 0 Å². The van der Waals surface area contributed by atoms with Crippen molar-refractivity contribution in [2.24, 2.45) is 0 Å². The van der Waals surface area contributed by atoms with Crippen LogP contribution in [0.15, 0.2) is 18.2 Å². The second kappa shape index (κ2) is 3.58. The molecule has 3 heteroatoms. The number of rotatable bonds is 0. The van der Waals surface area contributed by atoms with Crippen LogP contribution in [0, 0.1) is 5.82 Å². The fourth-order valence-corrected chi connectivity index (χ4v) is 2.88. The number of hydrogen-bond acceptors (Lipinski definition) is 1. The van der Waals surface area contributed by atoms with Gasteiger partial charge in [0.25, 0.3) is 0 Å². The molecule has 16 heavy (non-hydrogen) atoms. The highest BCUT2D eigenvalue weighted by atomic mass is 19.1. The minimum Gasteiger partial charge on any atom is -0.336 e. The zero-order valence-electron chi connectivity index (χ0n) is 9.08. The largest absolute Gasteiger partial charge is 0.336 e. The Hall–Kier alpha value is -1.38. The van der Waals surface area contributed by atoms with E-state index in [2.05, 4.69) is 0 Å². The minimum atomic E-state index is -0.194. The molecule has 1 aromatic carbocycles. The maximum absolute atomic E-state index is 13.3. The molecule has 84 valence electrons. The predicted molar refractivity (Wildman–Crippen MR) is 58.4 cm³/mol. The van der Waals surface area contributed by atoms with Crippen molar-refractivity contribution in [3.8, 4) is 0 Å². The van der Waals surface area contributed by atoms with E-state index in [1.165, 1.54) is 6.07 Å². The van der Waals surface area contributed by atoms with Gasteiger partial charge in [-0.3, -0.25) is 4.79 Å². The van der Waals surface area contributed by atoms with Crippen molar-refractivity contribution in [3.05, 3.63) is 35.1 Å². The Morgan fingerprint density at radius 2 is 2.19 bits per heavy atom. The van der Waals surface area contributed by atoms with Crippen LogP contribution in [0.2, 0.25) is 0 Å². The highest BCUT2D eigenvalue weighted by molar-refractivity contribution is 5.78. The van der Waals surface area contributed by atoms with Crippen molar-refractivity contribution < 1.29 is 9.18 Å². The Labute approximate surface area is 94.1 Å². The summed E-state index contributed by atoms with van der Waals surface area (Å²) in [6.07, 6.45) is 3.32.